The Morgan fingerprint density at radius 3 is 2.09 bits per heavy atom. The standard InChI is InChI=1S/C25H33N3O5S2/c29-25(26-23-10-12-24(13-11-23)35(32,33)28-16-4-5-17-28)22-14-18-27(19-15-22)34(30,31)20-6-9-21-7-2-1-3-8-21/h1-3,7-8,10-13,22H,4-6,9,14-20H2,(H,26,29). The van der Waals surface area contributed by atoms with Crippen molar-refractivity contribution in [3.8, 4) is 0 Å². The molecule has 1 amide bonds. The molecule has 2 saturated heterocycles. The number of carbonyl (C=O) groups excluding carboxylic acids is 1. The Morgan fingerprint density at radius 2 is 1.46 bits per heavy atom. The lowest BCUT2D eigenvalue weighted by Crippen LogP contribution is -2.42. The first-order valence-electron chi connectivity index (χ1n) is 12.2. The number of nitrogens with one attached hydrogen (secondary N) is 1. The lowest BCUT2D eigenvalue weighted by Gasteiger charge is -2.30. The largest absolute Gasteiger partial charge is 0.326 e. The zero-order valence-corrected chi connectivity index (χ0v) is 21.4. The SMILES string of the molecule is O=C(Nc1ccc(S(=O)(=O)N2CCCC2)cc1)C1CCN(S(=O)(=O)CCCc2ccccc2)CC1. The van der Waals surface area contributed by atoms with Crippen molar-refractivity contribution >= 4 is 31.6 Å². The van der Waals surface area contributed by atoms with Gasteiger partial charge in [0.05, 0.1) is 10.6 Å². The first-order valence-corrected chi connectivity index (χ1v) is 15.2. The molecule has 0 bridgehead atoms. The summed E-state index contributed by atoms with van der Waals surface area (Å²) in [6.45, 7) is 1.75. The van der Waals surface area contributed by atoms with Crippen LogP contribution in [-0.4, -0.2) is 63.3 Å². The van der Waals surface area contributed by atoms with Gasteiger partial charge in [-0.25, -0.2) is 21.1 Å². The average Bonchev–Trinajstić information content (AvgIpc) is 3.41. The van der Waals surface area contributed by atoms with Gasteiger partial charge in [-0.05, 0) is 68.4 Å². The Bertz CT molecular complexity index is 1200. The number of amides is 1. The van der Waals surface area contributed by atoms with Crippen LogP contribution in [0.3, 0.4) is 0 Å². The summed E-state index contributed by atoms with van der Waals surface area (Å²) in [5.74, 6) is -0.342. The van der Waals surface area contributed by atoms with Gasteiger partial charge in [0.25, 0.3) is 0 Å². The van der Waals surface area contributed by atoms with Gasteiger partial charge in [-0.15, -0.1) is 0 Å². The van der Waals surface area contributed by atoms with E-state index in [1.165, 1.54) is 20.7 Å². The average molecular weight is 520 g/mol. The summed E-state index contributed by atoms with van der Waals surface area (Å²) in [6, 6.07) is 16.1. The summed E-state index contributed by atoms with van der Waals surface area (Å²) in [4.78, 5) is 13.0. The van der Waals surface area contributed by atoms with E-state index in [9.17, 15) is 21.6 Å². The van der Waals surface area contributed by atoms with Crippen LogP contribution < -0.4 is 5.32 Å². The minimum absolute atomic E-state index is 0.103. The second-order valence-corrected chi connectivity index (χ2v) is 13.2. The van der Waals surface area contributed by atoms with Crippen LogP contribution >= 0.6 is 0 Å². The summed E-state index contributed by atoms with van der Waals surface area (Å²) < 4.78 is 53.7. The number of aryl methyl sites for hydroxylation is 1. The van der Waals surface area contributed by atoms with Crippen LogP contribution in [0.5, 0.6) is 0 Å². The molecule has 0 unspecified atom stereocenters. The van der Waals surface area contributed by atoms with Gasteiger partial charge in [-0.2, -0.15) is 4.31 Å². The van der Waals surface area contributed by atoms with Crippen molar-refractivity contribution in [3.05, 3.63) is 60.2 Å². The van der Waals surface area contributed by atoms with E-state index in [0.717, 1.165) is 24.8 Å². The Hall–Kier alpha value is -2.27. The van der Waals surface area contributed by atoms with E-state index < -0.39 is 20.0 Å². The maximum absolute atomic E-state index is 12.7. The Balaban J connectivity index is 1.25. The first kappa shape index (κ1) is 25.8. The minimum Gasteiger partial charge on any atom is -0.326 e. The number of rotatable bonds is 9. The molecule has 8 nitrogen and oxygen atoms in total. The predicted molar refractivity (Wildman–Crippen MR) is 136 cm³/mol. The number of benzene rings is 2. The van der Waals surface area contributed by atoms with Crippen molar-refractivity contribution < 1.29 is 21.6 Å². The van der Waals surface area contributed by atoms with Crippen molar-refractivity contribution in [1.82, 2.24) is 8.61 Å². The smallest absolute Gasteiger partial charge is 0.243 e. The zero-order valence-electron chi connectivity index (χ0n) is 19.8. The highest BCUT2D eigenvalue weighted by Gasteiger charge is 2.31. The van der Waals surface area contributed by atoms with Gasteiger partial charge in [0.2, 0.25) is 26.0 Å². The molecule has 2 aromatic carbocycles. The van der Waals surface area contributed by atoms with Crippen LogP contribution in [0.4, 0.5) is 5.69 Å². The number of nitrogens with zero attached hydrogens (tertiary/aromatic N) is 2. The molecular formula is C25H33N3O5S2. The van der Waals surface area contributed by atoms with Gasteiger partial charge < -0.3 is 5.32 Å². The van der Waals surface area contributed by atoms with Gasteiger partial charge in [-0.3, -0.25) is 4.79 Å². The zero-order chi connectivity index (χ0) is 24.9. The summed E-state index contributed by atoms with van der Waals surface area (Å²) in [6.07, 6.45) is 3.96. The molecule has 0 saturated carbocycles. The van der Waals surface area contributed by atoms with Gasteiger partial charge in [-0.1, -0.05) is 30.3 Å². The van der Waals surface area contributed by atoms with E-state index in [4.69, 9.17) is 0 Å². The molecule has 190 valence electrons. The third kappa shape index (κ3) is 6.49. The number of piperidine rings is 1. The van der Waals surface area contributed by atoms with Crippen LogP contribution in [0.1, 0.15) is 37.7 Å². The van der Waals surface area contributed by atoms with Crippen molar-refractivity contribution in [2.75, 3.05) is 37.2 Å². The minimum atomic E-state index is -3.49. The fraction of sp³-hybridized carbons (Fsp3) is 0.480. The highest BCUT2D eigenvalue weighted by Crippen LogP contribution is 2.25. The molecule has 0 radical (unpaired) electrons. The molecule has 2 fully saturated rings. The fourth-order valence-corrected chi connectivity index (χ4v) is 7.71. The molecule has 2 aliphatic heterocycles. The van der Waals surface area contributed by atoms with E-state index in [0.29, 0.717) is 51.1 Å². The van der Waals surface area contributed by atoms with Crippen LogP contribution in [0.2, 0.25) is 0 Å². The number of sulfonamides is 2. The molecule has 0 aromatic heterocycles. The van der Waals surface area contributed by atoms with Gasteiger partial charge in [0.1, 0.15) is 0 Å². The highest BCUT2D eigenvalue weighted by molar-refractivity contribution is 7.89. The van der Waals surface area contributed by atoms with Crippen molar-refractivity contribution in [2.45, 2.75) is 43.4 Å². The fourth-order valence-electron chi connectivity index (χ4n) is 4.66. The molecule has 0 atom stereocenters. The van der Waals surface area contributed by atoms with Crippen LogP contribution in [0.15, 0.2) is 59.5 Å². The first-order chi connectivity index (χ1) is 16.8. The molecule has 10 heteroatoms. The third-order valence-corrected chi connectivity index (χ3v) is 10.6. The normalized spacial score (nSPS) is 18.5. The van der Waals surface area contributed by atoms with E-state index in [1.54, 1.807) is 12.1 Å². The Labute approximate surface area is 208 Å². The maximum atomic E-state index is 12.7. The van der Waals surface area contributed by atoms with Crippen molar-refractivity contribution in [1.29, 1.82) is 0 Å². The van der Waals surface area contributed by atoms with Crippen LogP contribution in [0.25, 0.3) is 0 Å². The summed E-state index contributed by atoms with van der Waals surface area (Å²) in [5.41, 5.74) is 1.66. The second kappa shape index (κ2) is 11.2. The summed E-state index contributed by atoms with van der Waals surface area (Å²) in [5, 5.41) is 2.85. The van der Waals surface area contributed by atoms with Crippen molar-refractivity contribution in [2.24, 2.45) is 5.92 Å². The summed E-state index contributed by atoms with van der Waals surface area (Å²) in [7, 11) is -6.84. The molecule has 4 rings (SSSR count). The molecule has 1 N–H and O–H groups in total. The lowest BCUT2D eigenvalue weighted by atomic mass is 9.97. The molecular weight excluding hydrogens is 486 g/mol. The highest BCUT2D eigenvalue weighted by atomic mass is 32.2. The van der Waals surface area contributed by atoms with Gasteiger partial charge in [0.15, 0.2) is 0 Å². The number of carbonyl (C=O) groups is 1. The number of hydrogen-bond donors (Lipinski definition) is 1. The van der Waals surface area contributed by atoms with Crippen molar-refractivity contribution in [3.63, 3.8) is 0 Å². The molecule has 2 aliphatic rings. The van der Waals surface area contributed by atoms with E-state index in [-0.39, 0.29) is 22.5 Å². The molecule has 0 aliphatic carbocycles. The van der Waals surface area contributed by atoms with Gasteiger partial charge >= 0.3 is 0 Å². The molecule has 2 heterocycles. The predicted octanol–water partition coefficient (Wildman–Crippen LogP) is 3.08. The molecule has 0 spiro atoms. The van der Waals surface area contributed by atoms with E-state index in [2.05, 4.69) is 5.32 Å². The van der Waals surface area contributed by atoms with E-state index >= 15 is 0 Å². The van der Waals surface area contributed by atoms with E-state index in [1.807, 2.05) is 30.3 Å². The number of hydrogen-bond acceptors (Lipinski definition) is 5. The molecule has 2 aromatic rings. The summed E-state index contributed by atoms with van der Waals surface area (Å²) >= 11 is 0. The second-order valence-electron chi connectivity index (χ2n) is 9.20. The van der Waals surface area contributed by atoms with Gasteiger partial charge in [0, 0.05) is 37.8 Å². The number of anilines is 1. The third-order valence-electron chi connectivity index (χ3n) is 6.75. The van der Waals surface area contributed by atoms with Crippen LogP contribution in [-0.2, 0) is 31.3 Å². The molecule has 35 heavy (non-hydrogen) atoms. The quantitative estimate of drug-likeness (QED) is 0.548. The van der Waals surface area contributed by atoms with Crippen LogP contribution in [0, 0.1) is 5.92 Å². The lowest BCUT2D eigenvalue weighted by molar-refractivity contribution is -0.120. The Kier molecular flexibility index (Phi) is 8.26. The monoisotopic (exact) mass is 519 g/mol. The topological polar surface area (TPSA) is 104 Å². The maximum Gasteiger partial charge on any atom is 0.243 e. The Morgan fingerprint density at radius 1 is 0.829 bits per heavy atom.